The van der Waals surface area contributed by atoms with Gasteiger partial charge >= 0.3 is 6.18 Å². The maximum atomic E-state index is 12.8. The first kappa shape index (κ1) is 15.9. The van der Waals surface area contributed by atoms with E-state index in [1.807, 2.05) is 0 Å². The lowest BCUT2D eigenvalue weighted by Gasteiger charge is -2.25. The molecular weight excluding hydrogens is 281 g/mol. The van der Waals surface area contributed by atoms with Gasteiger partial charge in [0.2, 0.25) is 10.0 Å². The van der Waals surface area contributed by atoms with Gasteiger partial charge in [0.1, 0.15) is 4.90 Å². The molecule has 1 aromatic heterocycles. The summed E-state index contributed by atoms with van der Waals surface area (Å²) < 4.78 is 64.0. The highest BCUT2D eigenvalue weighted by molar-refractivity contribution is 7.89. The quantitative estimate of drug-likeness (QED) is 0.858. The summed E-state index contributed by atoms with van der Waals surface area (Å²) in [6.45, 7) is 4.86. The lowest BCUT2D eigenvalue weighted by atomic mass is 10.3. The fourth-order valence-electron chi connectivity index (χ4n) is 1.76. The molecule has 0 unspecified atom stereocenters. The van der Waals surface area contributed by atoms with Crippen molar-refractivity contribution in [2.45, 2.75) is 37.9 Å². The SMILES string of the molecule is CCN(C(C)C)S(=O)(=O)c1cnccc1C(F)(F)F. The van der Waals surface area contributed by atoms with Gasteiger partial charge in [-0.2, -0.15) is 17.5 Å². The van der Waals surface area contributed by atoms with E-state index >= 15 is 0 Å². The fourth-order valence-corrected chi connectivity index (χ4v) is 3.56. The van der Waals surface area contributed by atoms with Crippen molar-refractivity contribution >= 4 is 10.0 Å². The molecule has 1 rings (SSSR count). The smallest absolute Gasteiger partial charge is 0.263 e. The largest absolute Gasteiger partial charge is 0.417 e. The van der Waals surface area contributed by atoms with Gasteiger partial charge in [0.25, 0.3) is 0 Å². The van der Waals surface area contributed by atoms with Gasteiger partial charge in [0, 0.05) is 25.0 Å². The first-order valence-electron chi connectivity index (χ1n) is 5.65. The molecule has 0 fully saturated rings. The van der Waals surface area contributed by atoms with Crippen molar-refractivity contribution in [1.29, 1.82) is 0 Å². The predicted molar refractivity (Wildman–Crippen MR) is 63.9 cm³/mol. The van der Waals surface area contributed by atoms with E-state index in [0.717, 1.165) is 16.7 Å². The molecular formula is C11H15F3N2O2S. The lowest BCUT2D eigenvalue weighted by Crippen LogP contribution is -2.37. The molecule has 4 nitrogen and oxygen atoms in total. The van der Waals surface area contributed by atoms with Crippen LogP contribution in [0.2, 0.25) is 0 Å². The molecule has 0 N–H and O–H groups in total. The third-order valence-electron chi connectivity index (χ3n) is 2.56. The Morgan fingerprint density at radius 3 is 2.37 bits per heavy atom. The van der Waals surface area contributed by atoms with Gasteiger partial charge in [-0.15, -0.1) is 0 Å². The van der Waals surface area contributed by atoms with Crippen LogP contribution in [0.15, 0.2) is 23.4 Å². The Labute approximate surface area is 110 Å². The average Bonchev–Trinajstić information content (AvgIpc) is 2.27. The van der Waals surface area contributed by atoms with Crippen molar-refractivity contribution in [2.75, 3.05) is 6.54 Å². The van der Waals surface area contributed by atoms with Gasteiger partial charge in [-0.05, 0) is 19.9 Å². The summed E-state index contributed by atoms with van der Waals surface area (Å²) in [6, 6.07) is 0.234. The second-order valence-electron chi connectivity index (χ2n) is 4.17. The van der Waals surface area contributed by atoms with Gasteiger partial charge in [-0.3, -0.25) is 4.98 Å². The van der Waals surface area contributed by atoms with Crippen LogP contribution < -0.4 is 0 Å². The zero-order valence-corrected chi connectivity index (χ0v) is 11.6. The highest BCUT2D eigenvalue weighted by Gasteiger charge is 2.39. The molecule has 19 heavy (non-hydrogen) atoms. The van der Waals surface area contributed by atoms with E-state index in [0.29, 0.717) is 6.07 Å². The summed E-state index contributed by atoms with van der Waals surface area (Å²) in [6.07, 6.45) is -3.07. The monoisotopic (exact) mass is 296 g/mol. The minimum atomic E-state index is -4.73. The molecule has 0 aliphatic carbocycles. The Morgan fingerprint density at radius 2 is 1.95 bits per heavy atom. The number of nitrogens with zero attached hydrogens (tertiary/aromatic N) is 2. The van der Waals surface area contributed by atoms with E-state index in [2.05, 4.69) is 4.98 Å². The van der Waals surface area contributed by atoms with Crippen molar-refractivity contribution in [3.05, 3.63) is 24.0 Å². The third kappa shape index (κ3) is 3.24. The van der Waals surface area contributed by atoms with Crippen molar-refractivity contribution in [3.63, 3.8) is 0 Å². The Hall–Kier alpha value is -1.15. The fraction of sp³-hybridized carbons (Fsp3) is 0.545. The van der Waals surface area contributed by atoms with Crippen LogP contribution in [0.1, 0.15) is 26.3 Å². The van der Waals surface area contributed by atoms with Crippen LogP contribution >= 0.6 is 0 Å². The number of aromatic nitrogens is 1. The van der Waals surface area contributed by atoms with Gasteiger partial charge in [0.05, 0.1) is 5.56 Å². The van der Waals surface area contributed by atoms with E-state index in [4.69, 9.17) is 0 Å². The number of alkyl halides is 3. The molecule has 8 heteroatoms. The number of halogens is 3. The van der Waals surface area contributed by atoms with Crippen molar-refractivity contribution < 1.29 is 21.6 Å². The van der Waals surface area contributed by atoms with E-state index < -0.39 is 32.7 Å². The summed E-state index contributed by atoms with van der Waals surface area (Å²) in [5.41, 5.74) is -1.19. The predicted octanol–water partition coefficient (Wildman–Crippen LogP) is 2.52. The molecule has 1 heterocycles. The molecule has 0 saturated carbocycles. The van der Waals surface area contributed by atoms with E-state index in [1.54, 1.807) is 20.8 Å². The Kier molecular flexibility index (Phi) is 4.57. The highest BCUT2D eigenvalue weighted by atomic mass is 32.2. The lowest BCUT2D eigenvalue weighted by molar-refractivity contribution is -0.140. The number of hydrogen-bond acceptors (Lipinski definition) is 3. The summed E-state index contributed by atoms with van der Waals surface area (Å²) in [5, 5.41) is 0. The van der Waals surface area contributed by atoms with E-state index in [1.165, 1.54) is 0 Å². The van der Waals surface area contributed by atoms with Gasteiger partial charge < -0.3 is 0 Å². The topological polar surface area (TPSA) is 50.3 Å². The molecule has 0 aliphatic heterocycles. The molecule has 0 aromatic carbocycles. The maximum absolute atomic E-state index is 12.8. The van der Waals surface area contributed by atoms with Crippen molar-refractivity contribution in [1.82, 2.24) is 9.29 Å². The molecule has 0 bridgehead atoms. The van der Waals surface area contributed by atoms with Crippen LogP contribution in [0, 0.1) is 0 Å². The minimum Gasteiger partial charge on any atom is -0.263 e. The van der Waals surface area contributed by atoms with Gasteiger partial charge in [0.15, 0.2) is 0 Å². The molecule has 0 atom stereocenters. The maximum Gasteiger partial charge on any atom is 0.417 e. The molecule has 0 saturated heterocycles. The number of hydrogen-bond donors (Lipinski definition) is 0. The summed E-state index contributed by atoms with van der Waals surface area (Å²) in [4.78, 5) is 2.69. The first-order chi connectivity index (χ1) is 8.62. The highest BCUT2D eigenvalue weighted by Crippen LogP contribution is 2.34. The third-order valence-corrected chi connectivity index (χ3v) is 4.74. The van der Waals surface area contributed by atoms with Crippen molar-refractivity contribution in [3.8, 4) is 0 Å². The number of pyridine rings is 1. The second-order valence-corrected chi connectivity index (χ2v) is 6.03. The summed E-state index contributed by atoms with van der Waals surface area (Å²) >= 11 is 0. The zero-order valence-electron chi connectivity index (χ0n) is 10.8. The van der Waals surface area contributed by atoms with Crippen LogP contribution in [0.4, 0.5) is 13.2 Å². The van der Waals surface area contributed by atoms with Crippen molar-refractivity contribution in [2.24, 2.45) is 0 Å². The Morgan fingerprint density at radius 1 is 1.37 bits per heavy atom. The minimum absolute atomic E-state index is 0.0895. The molecule has 0 spiro atoms. The van der Waals surface area contributed by atoms with Crippen LogP contribution in [0.3, 0.4) is 0 Å². The summed E-state index contributed by atoms with van der Waals surface area (Å²) in [5.74, 6) is 0. The molecule has 108 valence electrons. The van der Waals surface area contributed by atoms with Crippen LogP contribution in [0.5, 0.6) is 0 Å². The van der Waals surface area contributed by atoms with Gasteiger partial charge in [-0.1, -0.05) is 6.92 Å². The number of sulfonamides is 1. The summed E-state index contributed by atoms with van der Waals surface area (Å²) in [7, 11) is -4.21. The molecule has 0 radical (unpaired) electrons. The number of rotatable bonds is 4. The normalized spacial score (nSPS) is 13.3. The van der Waals surface area contributed by atoms with E-state index in [9.17, 15) is 21.6 Å². The zero-order chi connectivity index (χ0) is 14.8. The second kappa shape index (κ2) is 5.46. The molecule has 0 aliphatic rings. The average molecular weight is 296 g/mol. The standard InChI is InChI=1S/C11H15F3N2O2S/c1-4-16(8(2)3)19(17,18)10-7-15-6-5-9(10)11(12,13)14/h5-8H,4H2,1-3H3. The first-order valence-corrected chi connectivity index (χ1v) is 7.09. The Balaban J connectivity index is 3.46. The van der Waals surface area contributed by atoms with E-state index in [-0.39, 0.29) is 6.54 Å². The molecule has 0 amide bonds. The molecule has 1 aromatic rings. The Bertz CT molecular complexity index is 541. The van der Waals surface area contributed by atoms with Crippen LogP contribution in [-0.2, 0) is 16.2 Å². The van der Waals surface area contributed by atoms with Crippen LogP contribution in [0.25, 0.3) is 0 Å². The van der Waals surface area contributed by atoms with Crippen LogP contribution in [-0.4, -0.2) is 30.3 Å². The van der Waals surface area contributed by atoms with Gasteiger partial charge in [-0.25, -0.2) is 8.42 Å².